The van der Waals surface area contributed by atoms with Gasteiger partial charge < -0.3 is 19.1 Å². The van der Waals surface area contributed by atoms with E-state index in [9.17, 15) is 4.79 Å². The lowest BCUT2D eigenvalue weighted by atomic mass is 10.2. The van der Waals surface area contributed by atoms with Crippen LogP contribution in [0.1, 0.15) is 5.56 Å². The van der Waals surface area contributed by atoms with Crippen molar-refractivity contribution in [2.75, 3.05) is 33.9 Å². The molecule has 0 aromatic heterocycles. The molecular weight excluding hydrogens is 306 g/mol. The molecule has 0 atom stereocenters. The maximum Gasteiger partial charge on any atom is 0.260 e. The third-order valence-corrected chi connectivity index (χ3v) is 3.53. The first-order chi connectivity index (χ1) is 11.6. The van der Waals surface area contributed by atoms with Crippen LogP contribution in [-0.4, -0.2) is 44.7 Å². The van der Waals surface area contributed by atoms with Gasteiger partial charge in [0.15, 0.2) is 6.61 Å². The predicted octanol–water partition coefficient (Wildman–Crippen LogP) is 2.92. The topological polar surface area (TPSA) is 48.0 Å². The molecule has 0 unspecified atom stereocenters. The quantitative estimate of drug-likeness (QED) is 0.747. The van der Waals surface area contributed by atoms with Gasteiger partial charge in [0.05, 0.1) is 13.7 Å². The highest BCUT2D eigenvalue weighted by molar-refractivity contribution is 5.77. The number of likely N-dealkylation sites (N-methyl/N-ethyl adjacent to an activating group) is 1. The lowest BCUT2D eigenvalue weighted by molar-refractivity contribution is -0.132. The van der Waals surface area contributed by atoms with Gasteiger partial charge in [-0.2, -0.15) is 0 Å². The number of methoxy groups -OCH3 is 1. The molecule has 0 bridgehead atoms. The maximum absolute atomic E-state index is 12.1. The van der Waals surface area contributed by atoms with Gasteiger partial charge in [-0.1, -0.05) is 12.1 Å². The fourth-order valence-electron chi connectivity index (χ4n) is 2.06. The Morgan fingerprint density at radius 2 is 1.71 bits per heavy atom. The van der Waals surface area contributed by atoms with E-state index in [2.05, 4.69) is 0 Å². The minimum atomic E-state index is -0.0985. The first-order valence-corrected chi connectivity index (χ1v) is 7.79. The van der Waals surface area contributed by atoms with Crippen LogP contribution >= 0.6 is 0 Å². The molecule has 24 heavy (non-hydrogen) atoms. The summed E-state index contributed by atoms with van der Waals surface area (Å²) in [5, 5.41) is 0. The summed E-state index contributed by atoms with van der Waals surface area (Å²) in [5.74, 6) is 2.09. The molecule has 0 radical (unpaired) electrons. The van der Waals surface area contributed by atoms with Crippen LogP contribution in [0.4, 0.5) is 0 Å². The van der Waals surface area contributed by atoms with Crippen molar-refractivity contribution in [3.05, 3.63) is 54.1 Å². The standard InChI is InChI=1S/C19H23NO4/c1-15-5-4-6-18(13-15)23-12-11-20(2)19(21)14-24-17-9-7-16(22-3)8-10-17/h4-10,13H,11-12,14H2,1-3H3. The van der Waals surface area contributed by atoms with E-state index < -0.39 is 0 Å². The summed E-state index contributed by atoms with van der Waals surface area (Å²) in [4.78, 5) is 13.7. The molecule has 2 aromatic carbocycles. The van der Waals surface area contributed by atoms with Gasteiger partial charge in [-0.05, 0) is 48.9 Å². The fourth-order valence-corrected chi connectivity index (χ4v) is 2.06. The number of ether oxygens (including phenoxy) is 3. The number of aryl methyl sites for hydroxylation is 1. The summed E-state index contributed by atoms with van der Waals surface area (Å²) in [7, 11) is 3.34. The second-order valence-corrected chi connectivity index (χ2v) is 5.44. The summed E-state index contributed by atoms with van der Waals surface area (Å²) in [6.07, 6.45) is 0. The van der Waals surface area contributed by atoms with Gasteiger partial charge in [0.2, 0.25) is 0 Å². The third kappa shape index (κ3) is 5.50. The maximum atomic E-state index is 12.1. The summed E-state index contributed by atoms with van der Waals surface area (Å²) in [6, 6.07) is 15.0. The number of rotatable bonds is 8. The monoisotopic (exact) mass is 329 g/mol. The number of benzene rings is 2. The van der Waals surface area contributed by atoms with Crippen molar-refractivity contribution in [1.82, 2.24) is 4.90 Å². The Bertz CT molecular complexity index is 655. The Labute approximate surface area is 142 Å². The molecule has 0 fully saturated rings. The highest BCUT2D eigenvalue weighted by Gasteiger charge is 2.10. The Balaban J connectivity index is 1.71. The number of hydrogen-bond acceptors (Lipinski definition) is 4. The minimum absolute atomic E-state index is 0.00667. The van der Waals surface area contributed by atoms with Gasteiger partial charge in [-0.25, -0.2) is 0 Å². The zero-order chi connectivity index (χ0) is 17.4. The average Bonchev–Trinajstić information content (AvgIpc) is 2.60. The van der Waals surface area contributed by atoms with Crippen molar-refractivity contribution in [3.63, 3.8) is 0 Å². The zero-order valence-corrected chi connectivity index (χ0v) is 14.3. The SMILES string of the molecule is COc1ccc(OCC(=O)N(C)CCOc2cccc(C)c2)cc1. The molecule has 0 saturated heterocycles. The van der Waals surface area contributed by atoms with Gasteiger partial charge in [0.25, 0.3) is 5.91 Å². The Morgan fingerprint density at radius 3 is 2.38 bits per heavy atom. The van der Waals surface area contributed by atoms with Crippen LogP contribution in [-0.2, 0) is 4.79 Å². The normalized spacial score (nSPS) is 10.1. The van der Waals surface area contributed by atoms with Gasteiger partial charge in [0.1, 0.15) is 23.9 Å². The van der Waals surface area contributed by atoms with E-state index in [4.69, 9.17) is 14.2 Å². The molecule has 2 rings (SSSR count). The molecule has 5 heteroatoms. The molecule has 0 aliphatic carbocycles. The molecule has 2 aromatic rings. The van der Waals surface area contributed by atoms with Gasteiger partial charge in [-0.15, -0.1) is 0 Å². The van der Waals surface area contributed by atoms with E-state index >= 15 is 0 Å². The second kappa shape index (κ2) is 8.82. The molecule has 0 aliphatic heterocycles. The van der Waals surface area contributed by atoms with Crippen molar-refractivity contribution < 1.29 is 19.0 Å². The summed E-state index contributed by atoms with van der Waals surface area (Å²) < 4.78 is 16.2. The van der Waals surface area contributed by atoms with Crippen molar-refractivity contribution in [3.8, 4) is 17.2 Å². The minimum Gasteiger partial charge on any atom is -0.497 e. The highest BCUT2D eigenvalue weighted by Crippen LogP contribution is 2.17. The van der Waals surface area contributed by atoms with Crippen LogP contribution in [0.15, 0.2) is 48.5 Å². The van der Waals surface area contributed by atoms with Crippen molar-refractivity contribution in [2.45, 2.75) is 6.92 Å². The molecule has 0 saturated carbocycles. The number of carbonyl (C=O) groups is 1. The van der Waals surface area contributed by atoms with Crippen molar-refractivity contribution >= 4 is 5.91 Å². The molecular formula is C19H23NO4. The lowest BCUT2D eigenvalue weighted by Gasteiger charge is -2.18. The predicted molar refractivity (Wildman–Crippen MR) is 92.8 cm³/mol. The first-order valence-electron chi connectivity index (χ1n) is 7.79. The summed E-state index contributed by atoms with van der Waals surface area (Å²) in [5.41, 5.74) is 1.14. The van der Waals surface area contributed by atoms with E-state index in [1.54, 1.807) is 43.3 Å². The number of carbonyl (C=O) groups excluding carboxylic acids is 1. The Morgan fingerprint density at radius 1 is 1.00 bits per heavy atom. The highest BCUT2D eigenvalue weighted by atomic mass is 16.5. The van der Waals surface area contributed by atoms with Crippen LogP contribution < -0.4 is 14.2 Å². The second-order valence-electron chi connectivity index (χ2n) is 5.44. The van der Waals surface area contributed by atoms with Crippen LogP contribution in [0.3, 0.4) is 0 Å². The molecule has 0 aliphatic rings. The van der Waals surface area contributed by atoms with E-state index in [1.807, 2.05) is 31.2 Å². The van der Waals surface area contributed by atoms with Crippen LogP contribution in [0.5, 0.6) is 17.2 Å². The van der Waals surface area contributed by atoms with Crippen LogP contribution in [0, 0.1) is 6.92 Å². The van der Waals surface area contributed by atoms with E-state index in [0.717, 1.165) is 17.1 Å². The van der Waals surface area contributed by atoms with Gasteiger partial charge in [0, 0.05) is 7.05 Å². The van der Waals surface area contributed by atoms with Crippen molar-refractivity contribution in [2.24, 2.45) is 0 Å². The number of nitrogens with zero attached hydrogens (tertiary/aromatic N) is 1. The lowest BCUT2D eigenvalue weighted by Crippen LogP contribution is -2.34. The molecule has 0 spiro atoms. The number of hydrogen-bond donors (Lipinski definition) is 0. The van der Waals surface area contributed by atoms with E-state index in [1.165, 1.54) is 0 Å². The average molecular weight is 329 g/mol. The zero-order valence-electron chi connectivity index (χ0n) is 14.3. The summed E-state index contributed by atoms with van der Waals surface area (Å²) in [6.45, 7) is 2.94. The van der Waals surface area contributed by atoms with Gasteiger partial charge >= 0.3 is 0 Å². The number of amides is 1. The Kier molecular flexibility index (Phi) is 6.49. The molecule has 5 nitrogen and oxygen atoms in total. The van der Waals surface area contributed by atoms with E-state index in [-0.39, 0.29) is 12.5 Å². The van der Waals surface area contributed by atoms with Crippen LogP contribution in [0.25, 0.3) is 0 Å². The molecule has 0 heterocycles. The summed E-state index contributed by atoms with van der Waals surface area (Å²) >= 11 is 0. The fraction of sp³-hybridized carbons (Fsp3) is 0.316. The largest absolute Gasteiger partial charge is 0.497 e. The first kappa shape index (κ1) is 17.7. The Hall–Kier alpha value is -2.69. The van der Waals surface area contributed by atoms with Gasteiger partial charge in [-0.3, -0.25) is 4.79 Å². The van der Waals surface area contributed by atoms with Crippen LogP contribution in [0.2, 0.25) is 0 Å². The smallest absolute Gasteiger partial charge is 0.260 e. The molecule has 1 amide bonds. The molecule has 0 N–H and O–H groups in total. The van der Waals surface area contributed by atoms with E-state index in [0.29, 0.717) is 18.9 Å². The third-order valence-electron chi connectivity index (χ3n) is 3.53. The molecule has 128 valence electrons. The van der Waals surface area contributed by atoms with Crippen molar-refractivity contribution in [1.29, 1.82) is 0 Å².